The van der Waals surface area contributed by atoms with Crippen LogP contribution < -0.4 is 10.1 Å². The molecule has 104 valence electrons. The summed E-state index contributed by atoms with van der Waals surface area (Å²) in [6, 6.07) is 5.91. The molecule has 0 saturated heterocycles. The van der Waals surface area contributed by atoms with Crippen LogP contribution in [0.2, 0.25) is 0 Å². The number of nitrogens with one attached hydrogen (secondary N) is 1. The number of carbonyl (C=O) groups excluding carboxylic acids is 1. The molecule has 0 spiro atoms. The zero-order valence-corrected chi connectivity index (χ0v) is 13.0. The van der Waals surface area contributed by atoms with E-state index in [0.717, 1.165) is 18.4 Å². The molecule has 1 amide bonds. The molecule has 1 aliphatic rings. The molecule has 1 heterocycles. The summed E-state index contributed by atoms with van der Waals surface area (Å²) in [4.78, 5) is 12.3. The fourth-order valence-corrected chi connectivity index (χ4v) is 3.45. The Kier molecular flexibility index (Phi) is 4.86. The van der Waals surface area contributed by atoms with E-state index in [2.05, 4.69) is 41.2 Å². The lowest BCUT2D eigenvalue weighted by Gasteiger charge is -2.20. The average Bonchev–Trinajstić information content (AvgIpc) is 2.62. The number of hydrogen-bond acceptors (Lipinski definition) is 2. The molecule has 1 atom stereocenters. The number of rotatable bonds is 4. The van der Waals surface area contributed by atoms with E-state index in [1.165, 1.54) is 0 Å². The number of ether oxygens (including phenoxy) is 1. The number of hydrogen-bond donors (Lipinski definition) is 1. The predicted octanol–water partition coefficient (Wildman–Crippen LogP) is 3.68. The molecule has 3 nitrogen and oxygen atoms in total. The van der Waals surface area contributed by atoms with E-state index >= 15 is 0 Å². The monoisotopic (exact) mass is 325 g/mol. The molecule has 1 unspecified atom stereocenters. The van der Waals surface area contributed by atoms with Crippen LogP contribution in [0.15, 0.2) is 18.2 Å². The van der Waals surface area contributed by atoms with Gasteiger partial charge in [0.05, 0.1) is 12.1 Å². The van der Waals surface area contributed by atoms with Gasteiger partial charge in [-0.1, -0.05) is 48.7 Å². The van der Waals surface area contributed by atoms with Crippen LogP contribution in [0.25, 0.3) is 0 Å². The second kappa shape index (κ2) is 6.42. The summed E-state index contributed by atoms with van der Waals surface area (Å²) >= 11 is 3.77. The van der Waals surface area contributed by atoms with Crippen LogP contribution in [0.5, 0.6) is 5.75 Å². The van der Waals surface area contributed by atoms with Crippen molar-refractivity contribution < 1.29 is 9.53 Å². The van der Waals surface area contributed by atoms with E-state index < -0.39 is 0 Å². The fourth-order valence-electron chi connectivity index (χ4n) is 2.42. The summed E-state index contributed by atoms with van der Waals surface area (Å²) in [7, 11) is 0. The second-order valence-electron chi connectivity index (χ2n) is 4.84. The van der Waals surface area contributed by atoms with Crippen molar-refractivity contribution in [1.29, 1.82) is 0 Å². The molecule has 0 aliphatic carbocycles. The Morgan fingerprint density at radius 1 is 1.37 bits per heavy atom. The maximum atomic E-state index is 12.0. The highest BCUT2D eigenvalue weighted by Gasteiger charge is 2.22. The maximum Gasteiger partial charge on any atom is 0.255 e. The molecule has 0 bridgehead atoms. The summed E-state index contributed by atoms with van der Waals surface area (Å²) in [6.45, 7) is 5.49. The van der Waals surface area contributed by atoms with Gasteiger partial charge in [-0.15, -0.1) is 0 Å². The van der Waals surface area contributed by atoms with Gasteiger partial charge >= 0.3 is 0 Å². The van der Waals surface area contributed by atoms with Crippen molar-refractivity contribution in [2.75, 3.05) is 13.2 Å². The Balaban J connectivity index is 2.31. The van der Waals surface area contributed by atoms with Gasteiger partial charge in [0.25, 0.3) is 5.91 Å². The third-order valence-electron chi connectivity index (χ3n) is 3.67. The van der Waals surface area contributed by atoms with E-state index in [1.54, 1.807) is 0 Å². The zero-order chi connectivity index (χ0) is 13.8. The molecule has 0 saturated carbocycles. The van der Waals surface area contributed by atoms with Crippen molar-refractivity contribution in [3.63, 3.8) is 0 Å². The summed E-state index contributed by atoms with van der Waals surface area (Å²) in [6.07, 6.45) is 2.23. The normalized spacial score (nSPS) is 16.3. The van der Waals surface area contributed by atoms with E-state index in [4.69, 9.17) is 4.74 Å². The molecule has 1 aliphatic heterocycles. The van der Waals surface area contributed by atoms with Crippen LogP contribution in [-0.4, -0.2) is 19.1 Å². The van der Waals surface area contributed by atoms with Crippen LogP contribution in [0.4, 0.5) is 0 Å². The van der Waals surface area contributed by atoms with Crippen LogP contribution in [0, 0.1) is 5.92 Å². The van der Waals surface area contributed by atoms with Crippen molar-refractivity contribution in [1.82, 2.24) is 5.32 Å². The van der Waals surface area contributed by atoms with Gasteiger partial charge in [-0.25, -0.2) is 0 Å². The standard InChI is InChI=1S/C15H20BrNO2/c1-3-10(4-2)14(16)11-5-6-13-12(9-11)15(18)17-7-8-19-13/h5-6,9-10,14H,3-4,7-8H2,1-2H3,(H,17,18). The molecule has 1 aromatic rings. The van der Waals surface area contributed by atoms with Crippen molar-refractivity contribution in [2.24, 2.45) is 5.92 Å². The third kappa shape index (κ3) is 3.11. The van der Waals surface area contributed by atoms with Crippen LogP contribution in [0.3, 0.4) is 0 Å². The Bertz CT molecular complexity index is 457. The molecule has 1 aromatic carbocycles. The number of alkyl halides is 1. The number of carbonyl (C=O) groups is 1. The third-order valence-corrected chi connectivity index (χ3v) is 4.95. The summed E-state index contributed by atoms with van der Waals surface area (Å²) < 4.78 is 5.57. The molecule has 2 rings (SSSR count). The Labute approximate surface area is 122 Å². The van der Waals surface area contributed by atoms with Crippen molar-refractivity contribution in [3.05, 3.63) is 29.3 Å². The van der Waals surface area contributed by atoms with Gasteiger partial charge in [0.15, 0.2) is 0 Å². The molecule has 0 fully saturated rings. The summed E-state index contributed by atoms with van der Waals surface area (Å²) in [5, 5.41) is 2.84. The highest BCUT2D eigenvalue weighted by molar-refractivity contribution is 9.09. The molecule has 4 heteroatoms. The summed E-state index contributed by atoms with van der Waals surface area (Å²) in [5.41, 5.74) is 1.79. The molecule has 0 radical (unpaired) electrons. The van der Waals surface area contributed by atoms with E-state index in [9.17, 15) is 4.79 Å². The quantitative estimate of drug-likeness (QED) is 0.857. The number of fused-ring (bicyclic) bond motifs is 1. The van der Waals surface area contributed by atoms with Gasteiger partial charge in [-0.2, -0.15) is 0 Å². The van der Waals surface area contributed by atoms with Gasteiger partial charge < -0.3 is 10.1 Å². The minimum absolute atomic E-state index is 0.0430. The largest absolute Gasteiger partial charge is 0.491 e. The SMILES string of the molecule is CCC(CC)C(Br)c1ccc2c(c1)C(=O)NCCO2. The number of halogens is 1. The van der Waals surface area contributed by atoms with Crippen LogP contribution in [-0.2, 0) is 0 Å². The van der Waals surface area contributed by atoms with Gasteiger partial charge in [-0.05, 0) is 23.6 Å². The molecular formula is C15H20BrNO2. The smallest absolute Gasteiger partial charge is 0.255 e. The number of benzene rings is 1. The first-order valence-corrected chi connectivity index (χ1v) is 7.78. The van der Waals surface area contributed by atoms with Crippen LogP contribution >= 0.6 is 15.9 Å². The highest BCUT2D eigenvalue weighted by atomic mass is 79.9. The maximum absolute atomic E-state index is 12.0. The minimum atomic E-state index is -0.0430. The first kappa shape index (κ1) is 14.4. The van der Waals surface area contributed by atoms with Gasteiger partial charge in [0.1, 0.15) is 12.4 Å². The highest BCUT2D eigenvalue weighted by Crippen LogP contribution is 2.37. The molecule has 0 aromatic heterocycles. The lowest BCUT2D eigenvalue weighted by atomic mass is 9.93. The van der Waals surface area contributed by atoms with E-state index in [0.29, 0.717) is 30.4 Å². The van der Waals surface area contributed by atoms with E-state index in [-0.39, 0.29) is 10.7 Å². The number of amides is 1. The van der Waals surface area contributed by atoms with Gasteiger partial charge in [-0.3, -0.25) is 4.79 Å². The lowest BCUT2D eigenvalue weighted by molar-refractivity contribution is 0.0957. The molecular weight excluding hydrogens is 306 g/mol. The Morgan fingerprint density at radius 3 is 2.79 bits per heavy atom. The van der Waals surface area contributed by atoms with Crippen LogP contribution in [0.1, 0.15) is 47.4 Å². The summed E-state index contributed by atoms with van der Waals surface area (Å²) in [5.74, 6) is 1.22. The average molecular weight is 326 g/mol. The molecule has 19 heavy (non-hydrogen) atoms. The predicted molar refractivity (Wildman–Crippen MR) is 80.0 cm³/mol. The lowest BCUT2D eigenvalue weighted by Crippen LogP contribution is -2.24. The second-order valence-corrected chi connectivity index (χ2v) is 5.82. The van der Waals surface area contributed by atoms with Crippen molar-refractivity contribution in [2.45, 2.75) is 31.5 Å². The first-order chi connectivity index (χ1) is 9.17. The fraction of sp³-hybridized carbons (Fsp3) is 0.533. The Hall–Kier alpha value is -1.03. The van der Waals surface area contributed by atoms with Crippen molar-refractivity contribution >= 4 is 21.8 Å². The Morgan fingerprint density at radius 2 is 2.11 bits per heavy atom. The topological polar surface area (TPSA) is 38.3 Å². The van der Waals surface area contributed by atoms with Gasteiger partial charge in [0, 0.05) is 4.83 Å². The minimum Gasteiger partial charge on any atom is -0.491 e. The van der Waals surface area contributed by atoms with Gasteiger partial charge in [0.2, 0.25) is 0 Å². The van der Waals surface area contributed by atoms with Crippen molar-refractivity contribution in [3.8, 4) is 5.75 Å². The van der Waals surface area contributed by atoms with E-state index in [1.807, 2.05) is 12.1 Å². The first-order valence-electron chi connectivity index (χ1n) is 6.86. The zero-order valence-electron chi connectivity index (χ0n) is 11.4. The molecule has 1 N–H and O–H groups in total.